The minimum absolute atomic E-state index is 0.251. The van der Waals surface area contributed by atoms with Gasteiger partial charge in [-0.2, -0.15) is 0 Å². The molecule has 1 amide bonds. The van der Waals surface area contributed by atoms with E-state index in [2.05, 4.69) is 10.3 Å². The van der Waals surface area contributed by atoms with Crippen molar-refractivity contribution in [2.45, 2.75) is 5.50 Å². The predicted octanol–water partition coefficient (Wildman–Crippen LogP) is 4.60. The summed E-state index contributed by atoms with van der Waals surface area (Å²) in [7, 11) is 3.41. The number of ether oxygens (including phenoxy) is 1. The van der Waals surface area contributed by atoms with Crippen LogP contribution in [0.15, 0.2) is 39.3 Å². The molecule has 0 fully saturated rings. The highest BCUT2D eigenvalue weighted by atomic mass is 35.5. The first kappa shape index (κ1) is 16.0. The second-order valence-corrected chi connectivity index (χ2v) is 6.89. The highest BCUT2D eigenvalue weighted by Gasteiger charge is 2.27. The molecular formula is C17H14ClN3O3S. The molecule has 0 aliphatic carbocycles. The molecule has 0 radical (unpaired) electrons. The number of amides is 1. The lowest BCUT2D eigenvalue weighted by Gasteiger charge is -2.23. The summed E-state index contributed by atoms with van der Waals surface area (Å²) < 4.78 is 10.7. The molecule has 1 unspecified atom stereocenters. The maximum Gasteiger partial charge on any atom is 0.258 e. The van der Waals surface area contributed by atoms with Gasteiger partial charge in [-0.05, 0) is 6.07 Å². The number of halogens is 1. The van der Waals surface area contributed by atoms with Gasteiger partial charge in [0, 0.05) is 29.9 Å². The van der Waals surface area contributed by atoms with Crippen LogP contribution in [0.5, 0.6) is 5.75 Å². The smallest absolute Gasteiger partial charge is 0.258 e. The number of nitrogens with zero attached hydrogens (tertiary/aromatic N) is 2. The van der Waals surface area contributed by atoms with Gasteiger partial charge in [0.1, 0.15) is 16.8 Å². The van der Waals surface area contributed by atoms with Crippen LogP contribution in [0.4, 0.5) is 11.4 Å². The molecule has 0 saturated heterocycles. The quantitative estimate of drug-likeness (QED) is 0.536. The number of furan rings is 1. The van der Waals surface area contributed by atoms with Crippen LogP contribution in [-0.2, 0) is 0 Å². The molecule has 128 valence electrons. The summed E-state index contributed by atoms with van der Waals surface area (Å²) in [4.78, 5) is 19.8. The normalized spacial score (nSPS) is 16.1. The van der Waals surface area contributed by atoms with Crippen LogP contribution in [-0.4, -0.2) is 31.3 Å². The molecule has 1 aromatic carbocycles. The summed E-state index contributed by atoms with van der Waals surface area (Å²) in [6.07, 6.45) is 3.20. The van der Waals surface area contributed by atoms with Crippen molar-refractivity contribution in [2.24, 2.45) is 4.99 Å². The second kappa shape index (κ2) is 6.09. The third kappa shape index (κ3) is 2.65. The number of methoxy groups -OCH3 is 1. The zero-order valence-electron chi connectivity index (χ0n) is 13.4. The van der Waals surface area contributed by atoms with Gasteiger partial charge in [-0.3, -0.25) is 4.79 Å². The lowest BCUT2D eigenvalue weighted by Crippen LogP contribution is -2.21. The van der Waals surface area contributed by atoms with E-state index in [1.807, 2.05) is 7.05 Å². The van der Waals surface area contributed by atoms with Gasteiger partial charge in [-0.15, -0.1) is 11.3 Å². The molecule has 8 heteroatoms. The topological polar surface area (TPSA) is 67.1 Å². The summed E-state index contributed by atoms with van der Waals surface area (Å²) in [5, 5.41) is 5.50. The Hall–Kier alpha value is -2.51. The fourth-order valence-corrected chi connectivity index (χ4v) is 4.00. The number of carbonyl (C=O) groups excluding carboxylic acids is 1. The number of benzene rings is 1. The van der Waals surface area contributed by atoms with Crippen LogP contribution in [0.2, 0.25) is 0 Å². The Kier molecular flexibility index (Phi) is 3.89. The lowest BCUT2D eigenvalue weighted by atomic mass is 10.1. The number of thiophene rings is 1. The van der Waals surface area contributed by atoms with Crippen molar-refractivity contribution in [2.75, 3.05) is 19.5 Å². The average Bonchev–Trinajstić information content (AvgIpc) is 3.24. The molecule has 0 bridgehead atoms. The van der Waals surface area contributed by atoms with Crippen molar-refractivity contribution in [3.63, 3.8) is 0 Å². The number of aliphatic imine (C=N–C) groups is 1. The molecule has 6 nitrogen and oxygen atoms in total. The minimum atomic E-state index is -0.323. The van der Waals surface area contributed by atoms with Gasteiger partial charge >= 0.3 is 0 Å². The van der Waals surface area contributed by atoms with Crippen molar-refractivity contribution in [3.05, 3.63) is 40.3 Å². The van der Waals surface area contributed by atoms with E-state index in [9.17, 15) is 4.79 Å². The van der Waals surface area contributed by atoms with E-state index in [0.717, 1.165) is 10.3 Å². The molecule has 3 aromatic rings. The monoisotopic (exact) mass is 375 g/mol. The molecule has 1 aliphatic rings. The third-order valence-corrected chi connectivity index (χ3v) is 5.69. The second-order valence-electron chi connectivity index (χ2n) is 5.57. The predicted molar refractivity (Wildman–Crippen MR) is 99.5 cm³/mol. The van der Waals surface area contributed by atoms with Crippen LogP contribution in [0, 0.1) is 0 Å². The molecule has 4 rings (SSSR count). The van der Waals surface area contributed by atoms with Crippen molar-refractivity contribution in [1.29, 1.82) is 0 Å². The van der Waals surface area contributed by atoms with Gasteiger partial charge in [-0.1, -0.05) is 11.6 Å². The van der Waals surface area contributed by atoms with E-state index >= 15 is 0 Å². The van der Waals surface area contributed by atoms with E-state index in [1.165, 1.54) is 11.3 Å². The zero-order valence-corrected chi connectivity index (χ0v) is 15.0. The number of hydrogen-bond donors (Lipinski definition) is 1. The maximum atomic E-state index is 12.8. The molecule has 0 spiro atoms. The Morgan fingerprint density at radius 2 is 2.32 bits per heavy atom. The van der Waals surface area contributed by atoms with Crippen molar-refractivity contribution in [1.82, 2.24) is 4.90 Å². The van der Waals surface area contributed by atoms with E-state index in [0.29, 0.717) is 28.3 Å². The summed E-state index contributed by atoms with van der Waals surface area (Å²) in [6, 6.07) is 5.33. The van der Waals surface area contributed by atoms with Gasteiger partial charge in [0.2, 0.25) is 0 Å². The number of nitrogens with one attached hydrogen (secondary N) is 1. The van der Waals surface area contributed by atoms with Crippen molar-refractivity contribution >= 4 is 57.5 Å². The number of rotatable bonds is 3. The summed E-state index contributed by atoms with van der Waals surface area (Å²) in [6.45, 7) is 0. The van der Waals surface area contributed by atoms with Gasteiger partial charge in [0.05, 0.1) is 41.5 Å². The minimum Gasteiger partial charge on any atom is -0.497 e. The molecule has 1 N–H and O–H groups in total. The fourth-order valence-electron chi connectivity index (χ4n) is 2.68. The van der Waals surface area contributed by atoms with Crippen molar-refractivity contribution in [3.8, 4) is 5.75 Å². The first-order valence-electron chi connectivity index (χ1n) is 7.46. The molecule has 25 heavy (non-hydrogen) atoms. The van der Waals surface area contributed by atoms with Crippen LogP contribution in [0.3, 0.4) is 0 Å². The van der Waals surface area contributed by atoms with E-state index < -0.39 is 0 Å². The summed E-state index contributed by atoms with van der Waals surface area (Å²) >= 11 is 7.79. The molecule has 1 atom stereocenters. The highest BCUT2D eigenvalue weighted by Crippen LogP contribution is 2.42. The lowest BCUT2D eigenvalue weighted by molar-refractivity contribution is 0.102. The first-order valence-corrected chi connectivity index (χ1v) is 8.78. The Balaban J connectivity index is 1.70. The van der Waals surface area contributed by atoms with Gasteiger partial charge in [-0.25, -0.2) is 4.99 Å². The van der Waals surface area contributed by atoms with Crippen LogP contribution in [0.25, 0.3) is 11.0 Å². The van der Waals surface area contributed by atoms with Crippen LogP contribution in [0.1, 0.15) is 20.7 Å². The average molecular weight is 376 g/mol. The van der Waals surface area contributed by atoms with E-state index in [4.69, 9.17) is 20.8 Å². The number of carbonyl (C=O) groups is 1. The summed E-state index contributed by atoms with van der Waals surface area (Å²) in [5.41, 5.74) is 2.05. The van der Waals surface area contributed by atoms with Gasteiger partial charge in [0.15, 0.2) is 0 Å². The third-order valence-electron chi connectivity index (χ3n) is 4.01. The van der Waals surface area contributed by atoms with Crippen molar-refractivity contribution < 1.29 is 13.9 Å². The number of anilines is 1. The van der Waals surface area contributed by atoms with Gasteiger partial charge < -0.3 is 19.4 Å². The van der Waals surface area contributed by atoms with Crippen LogP contribution < -0.4 is 10.1 Å². The van der Waals surface area contributed by atoms with Gasteiger partial charge in [0.25, 0.3) is 5.91 Å². The Labute approximate surface area is 152 Å². The maximum absolute atomic E-state index is 12.8. The first-order chi connectivity index (χ1) is 12.1. The zero-order chi connectivity index (χ0) is 17.6. The molecule has 0 saturated carbocycles. The highest BCUT2D eigenvalue weighted by molar-refractivity contribution is 7.11. The number of alkyl halides is 1. The van der Waals surface area contributed by atoms with E-state index in [1.54, 1.807) is 48.2 Å². The number of hydrogen-bond acceptors (Lipinski definition) is 6. The number of fused-ring (bicyclic) bond motifs is 2. The molecule has 2 aromatic heterocycles. The Morgan fingerprint density at radius 3 is 3.12 bits per heavy atom. The largest absolute Gasteiger partial charge is 0.497 e. The Morgan fingerprint density at radius 1 is 1.48 bits per heavy atom. The standard InChI is InChI=1S/C17H14ClN3O3S/c1-21-8-19-14-11(7-25-15(14)16(21)18)17(22)20-12-5-9(23-2)6-13-10(12)3-4-24-13/h3-8,16H,1-2H3,(H,20,22). The SMILES string of the molecule is COc1cc(NC(=O)c2csc3c2N=CN(C)C3Cl)c2ccoc2c1. The molecular weight excluding hydrogens is 362 g/mol. The van der Waals surface area contributed by atoms with E-state index in [-0.39, 0.29) is 11.4 Å². The Bertz CT molecular complexity index is 994. The fraction of sp³-hybridized carbons (Fsp3) is 0.176. The summed E-state index contributed by atoms with van der Waals surface area (Å²) in [5.74, 6) is 0.351. The molecule has 3 heterocycles. The molecule has 1 aliphatic heterocycles. The van der Waals surface area contributed by atoms with Crippen LogP contribution >= 0.6 is 22.9 Å².